The highest BCUT2D eigenvalue weighted by atomic mass is 16.5. The van der Waals surface area contributed by atoms with E-state index < -0.39 is 0 Å². The molecule has 1 heterocycles. The summed E-state index contributed by atoms with van der Waals surface area (Å²) in [4.78, 5) is 2.21. The van der Waals surface area contributed by atoms with Crippen LogP contribution in [0.3, 0.4) is 0 Å². The standard InChI is InChI=1S/C14H21N3O3/c1-10-6-17(8-12(9-18)20-10)7-11-4-2-3-5-13(11)14(15)16-19/h2-5,10,12,18-19H,6-9H2,1H3,(H2,15,16). The van der Waals surface area contributed by atoms with E-state index in [-0.39, 0.29) is 24.7 Å². The number of aliphatic hydroxyl groups excluding tert-OH is 1. The Morgan fingerprint density at radius 2 is 2.20 bits per heavy atom. The Hall–Kier alpha value is -1.63. The zero-order valence-electron chi connectivity index (χ0n) is 11.6. The van der Waals surface area contributed by atoms with Gasteiger partial charge in [-0.3, -0.25) is 4.90 Å². The largest absolute Gasteiger partial charge is 0.409 e. The van der Waals surface area contributed by atoms with Gasteiger partial charge in [0.15, 0.2) is 5.84 Å². The van der Waals surface area contributed by atoms with Gasteiger partial charge in [-0.15, -0.1) is 0 Å². The molecule has 6 heteroatoms. The predicted molar refractivity (Wildman–Crippen MR) is 75.7 cm³/mol. The van der Waals surface area contributed by atoms with Crippen LogP contribution in [0.5, 0.6) is 0 Å². The van der Waals surface area contributed by atoms with Gasteiger partial charge in [0.25, 0.3) is 0 Å². The second kappa shape index (κ2) is 6.69. The van der Waals surface area contributed by atoms with Crippen LogP contribution in [-0.4, -0.2) is 53.0 Å². The number of nitrogens with two attached hydrogens (primary N) is 1. The van der Waals surface area contributed by atoms with Crippen molar-refractivity contribution in [1.29, 1.82) is 0 Å². The van der Waals surface area contributed by atoms with E-state index in [4.69, 9.17) is 15.7 Å². The van der Waals surface area contributed by atoms with Gasteiger partial charge in [-0.25, -0.2) is 0 Å². The quantitative estimate of drug-likeness (QED) is 0.320. The fourth-order valence-electron chi connectivity index (χ4n) is 2.57. The first-order valence-electron chi connectivity index (χ1n) is 6.68. The Morgan fingerprint density at radius 3 is 2.90 bits per heavy atom. The van der Waals surface area contributed by atoms with Crippen LogP contribution in [0.2, 0.25) is 0 Å². The molecule has 0 radical (unpaired) electrons. The Balaban J connectivity index is 2.13. The molecule has 0 bridgehead atoms. The zero-order valence-corrected chi connectivity index (χ0v) is 11.6. The van der Waals surface area contributed by atoms with Crippen molar-refractivity contribution in [2.24, 2.45) is 10.9 Å². The molecule has 1 aromatic carbocycles. The summed E-state index contributed by atoms with van der Waals surface area (Å²) in [5.41, 5.74) is 7.42. The fourth-order valence-corrected chi connectivity index (χ4v) is 2.57. The first kappa shape index (κ1) is 14.8. The lowest BCUT2D eigenvalue weighted by atomic mass is 10.1. The molecular formula is C14H21N3O3. The van der Waals surface area contributed by atoms with Crippen molar-refractivity contribution in [1.82, 2.24) is 4.90 Å². The van der Waals surface area contributed by atoms with Crippen LogP contribution < -0.4 is 5.73 Å². The summed E-state index contributed by atoms with van der Waals surface area (Å²) in [6, 6.07) is 7.57. The number of amidine groups is 1. The molecule has 2 unspecified atom stereocenters. The van der Waals surface area contributed by atoms with Crippen LogP contribution in [0.4, 0.5) is 0 Å². The van der Waals surface area contributed by atoms with Crippen molar-refractivity contribution in [3.05, 3.63) is 35.4 Å². The van der Waals surface area contributed by atoms with Gasteiger partial charge < -0.3 is 20.8 Å². The molecule has 1 aliphatic rings. The van der Waals surface area contributed by atoms with Gasteiger partial charge in [-0.1, -0.05) is 29.4 Å². The van der Waals surface area contributed by atoms with E-state index in [1.165, 1.54) is 0 Å². The number of oxime groups is 1. The molecule has 4 N–H and O–H groups in total. The van der Waals surface area contributed by atoms with Gasteiger partial charge in [-0.05, 0) is 12.5 Å². The molecule has 0 amide bonds. The lowest BCUT2D eigenvalue weighted by Crippen LogP contribution is -2.47. The molecule has 110 valence electrons. The average Bonchev–Trinajstić information content (AvgIpc) is 2.46. The van der Waals surface area contributed by atoms with Gasteiger partial charge >= 0.3 is 0 Å². The average molecular weight is 279 g/mol. The van der Waals surface area contributed by atoms with Crippen LogP contribution >= 0.6 is 0 Å². The van der Waals surface area contributed by atoms with Crippen LogP contribution in [0.1, 0.15) is 18.1 Å². The Bertz CT molecular complexity index is 478. The van der Waals surface area contributed by atoms with Gasteiger partial charge in [0.2, 0.25) is 0 Å². The monoisotopic (exact) mass is 279 g/mol. The fraction of sp³-hybridized carbons (Fsp3) is 0.500. The SMILES string of the molecule is CC1CN(Cc2ccccc2/C(N)=N/O)CC(CO)O1. The van der Waals surface area contributed by atoms with E-state index in [9.17, 15) is 5.11 Å². The van der Waals surface area contributed by atoms with Gasteiger partial charge in [0, 0.05) is 25.2 Å². The third-order valence-corrected chi connectivity index (χ3v) is 3.40. The minimum absolute atomic E-state index is 0.0166. The smallest absolute Gasteiger partial charge is 0.170 e. The molecule has 20 heavy (non-hydrogen) atoms. The molecule has 2 atom stereocenters. The third-order valence-electron chi connectivity index (χ3n) is 3.40. The maximum Gasteiger partial charge on any atom is 0.170 e. The molecule has 1 aliphatic heterocycles. The number of aliphatic hydroxyl groups is 1. The zero-order chi connectivity index (χ0) is 14.5. The summed E-state index contributed by atoms with van der Waals surface area (Å²) in [6.07, 6.45) is -0.0771. The van der Waals surface area contributed by atoms with Crippen molar-refractivity contribution in [3.8, 4) is 0 Å². The predicted octanol–water partition coefficient (Wildman–Crippen LogP) is 0.363. The third kappa shape index (κ3) is 3.47. The maximum absolute atomic E-state index is 9.25. The van der Waals surface area contributed by atoms with E-state index in [1.54, 1.807) is 0 Å². The summed E-state index contributed by atoms with van der Waals surface area (Å²) in [5, 5.41) is 21.2. The number of ether oxygens (including phenoxy) is 1. The van der Waals surface area contributed by atoms with Crippen molar-refractivity contribution in [2.45, 2.75) is 25.7 Å². The number of benzene rings is 1. The van der Waals surface area contributed by atoms with E-state index in [1.807, 2.05) is 31.2 Å². The summed E-state index contributed by atoms with van der Waals surface area (Å²) in [6.45, 7) is 4.15. The minimum atomic E-state index is -0.158. The molecule has 0 aliphatic carbocycles. The lowest BCUT2D eigenvalue weighted by Gasteiger charge is -2.36. The van der Waals surface area contributed by atoms with Crippen molar-refractivity contribution in [2.75, 3.05) is 19.7 Å². The highest BCUT2D eigenvalue weighted by Crippen LogP contribution is 2.17. The highest BCUT2D eigenvalue weighted by molar-refractivity contribution is 5.98. The van der Waals surface area contributed by atoms with Crippen molar-refractivity contribution < 1.29 is 15.1 Å². The lowest BCUT2D eigenvalue weighted by molar-refractivity contribution is -0.0972. The van der Waals surface area contributed by atoms with Crippen LogP contribution in [0, 0.1) is 0 Å². The first-order chi connectivity index (χ1) is 9.63. The maximum atomic E-state index is 9.25. The summed E-state index contributed by atoms with van der Waals surface area (Å²) >= 11 is 0. The Labute approximate surface area is 118 Å². The summed E-state index contributed by atoms with van der Waals surface area (Å²) in [7, 11) is 0. The topological polar surface area (TPSA) is 91.3 Å². The Morgan fingerprint density at radius 1 is 1.45 bits per heavy atom. The van der Waals surface area contributed by atoms with Crippen LogP contribution in [-0.2, 0) is 11.3 Å². The second-order valence-electron chi connectivity index (χ2n) is 5.09. The van der Waals surface area contributed by atoms with Gasteiger partial charge in [-0.2, -0.15) is 0 Å². The molecule has 2 rings (SSSR count). The van der Waals surface area contributed by atoms with Crippen molar-refractivity contribution >= 4 is 5.84 Å². The number of hydrogen-bond acceptors (Lipinski definition) is 5. The van der Waals surface area contributed by atoms with E-state index in [0.29, 0.717) is 13.1 Å². The van der Waals surface area contributed by atoms with Gasteiger partial charge in [0.1, 0.15) is 0 Å². The van der Waals surface area contributed by atoms with E-state index in [2.05, 4.69) is 10.1 Å². The van der Waals surface area contributed by atoms with Gasteiger partial charge in [0.05, 0.1) is 18.8 Å². The summed E-state index contributed by atoms with van der Waals surface area (Å²) < 4.78 is 5.62. The molecule has 1 fully saturated rings. The van der Waals surface area contributed by atoms with E-state index >= 15 is 0 Å². The number of hydrogen-bond donors (Lipinski definition) is 3. The normalized spacial score (nSPS) is 24.8. The molecule has 1 aromatic rings. The van der Waals surface area contributed by atoms with Crippen LogP contribution in [0.15, 0.2) is 29.4 Å². The first-order valence-corrected chi connectivity index (χ1v) is 6.68. The molecule has 1 saturated heterocycles. The highest BCUT2D eigenvalue weighted by Gasteiger charge is 2.25. The minimum Gasteiger partial charge on any atom is -0.409 e. The molecule has 0 spiro atoms. The number of nitrogens with zero attached hydrogens (tertiary/aromatic N) is 2. The van der Waals surface area contributed by atoms with Crippen molar-refractivity contribution in [3.63, 3.8) is 0 Å². The Kier molecular flexibility index (Phi) is 4.94. The van der Waals surface area contributed by atoms with Crippen LogP contribution in [0.25, 0.3) is 0 Å². The number of rotatable bonds is 4. The molecular weight excluding hydrogens is 258 g/mol. The molecule has 0 saturated carbocycles. The van der Waals surface area contributed by atoms with E-state index in [0.717, 1.165) is 17.7 Å². The molecule has 6 nitrogen and oxygen atoms in total. The second-order valence-corrected chi connectivity index (χ2v) is 5.09. The summed E-state index contributed by atoms with van der Waals surface area (Å²) in [5.74, 6) is 0.112. The molecule has 0 aromatic heterocycles. The number of morpholine rings is 1.